The fourth-order valence-electron chi connectivity index (χ4n) is 11.4. The van der Waals surface area contributed by atoms with Crippen LogP contribution in [0.5, 0.6) is 0 Å². The Morgan fingerprint density at radius 2 is 0.938 bits per heavy atom. The monoisotopic (exact) mass is 832 g/mol. The summed E-state index contributed by atoms with van der Waals surface area (Å²) in [7, 11) is 0. The fraction of sp³-hybridized carbons (Fsp3) is 0.0169. The molecule has 0 bridgehead atoms. The molecule has 0 atom stereocenters. The summed E-state index contributed by atoms with van der Waals surface area (Å²) in [6.07, 6.45) is 0. The van der Waals surface area contributed by atoms with Crippen LogP contribution in [0.3, 0.4) is 0 Å². The van der Waals surface area contributed by atoms with Crippen molar-refractivity contribution in [2.75, 3.05) is 0 Å². The molecule has 0 fully saturated rings. The highest BCUT2D eigenvalue weighted by Crippen LogP contribution is 2.64. The van der Waals surface area contributed by atoms with E-state index in [0.29, 0.717) is 5.82 Å². The average molecular weight is 833 g/mol. The number of rotatable bonds is 3. The standard InChI is InChI=1S/C59H32N2O2S/c1-6-20-44-36(13-1)37-14-2-7-21-45(37)59(44)46-22-8-3-16-39(46)53-35(18-11-23-47(53)59)33-28-30-52-43(31-33)55-56(41-19-12-26-51-54(41)40-17-5-10-25-49(40)63-51)60-57(61-58(55)64-52)34-27-29-50-42(32-34)38-15-4-9-24-48(38)62-50/h1-32H. The van der Waals surface area contributed by atoms with Crippen LogP contribution in [0.4, 0.5) is 0 Å². The van der Waals surface area contributed by atoms with Gasteiger partial charge in [-0.3, -0.25) is 0 Å². The Bertz CT molecular complexity index is 4120. The number of aromatic nitrogens is 2. The van der Waals surface area contributed by atoms with Crippen molar-refractivity contribution >= 4 is 75.5 Å². The molecule has 13 aromatic rings. The Labute approximate surface area is 370 Å². The number of hydrogen-bond donors (Lipinski definition) is 0. The molecule has 0 unspecified atom stereocenters. The average Bonchev–Trinajstić information content (AvgIpc) is 4.16. The van der Waals surface area contributed by atoms with Crippen LogP contribution in [0.1, 0.15) is 22.3 Å². The second-order valence-corrected chi connectivity index (χ2v) is 18.1. The molecule has 5 heteroatoms. The van der Waals surface area contributed by atoms with Crippen molar-refractivity contribution in [2.45, 2.75) is 5.41 Å². The summed E-state index contributed by atoms with van der Waals surface area (Å²) in [4.78, 5) is 11.9. The third kappa shape index (κ3) is 4.41. The molecule has 0 saturated carbocycles. The van der Waals surface area contributed by atoms with Gasteiger partial charge in [0.15, 0.2) is 5.82 Å². The normalized spacial score (nSPS) is 13.4. The Balaban J connectivity index is 1.000. The highest BCUT2D eigenvalue weighted by atomic mass is 32.1. The molecule has 0 saturated heterocycles. The van der Waals surface area contributed by atoms with E-state index >= 15 is 0 Å². The van der Waals surface area contributed by atoms with Crippen LogP contribution < -0.4 is 0 Å². The van der Waals surface area contributed by atoms with Crippen LogP contribution in [0.15, 0.2) is 203 Å². The second-order valence-electron chi connectivity index (χ2n) is 17.1. The van der Waals surface area contributed by atoms with E-state index in [0.717, 1.165) is 86.6 Å². The molecule has 296 valence electrons. The van der Waals surface area contributed by atoms with E-state index in [1.54, 1.807) is 11.3 Å². The first kappa shape index (κ1) is 34.5. The lowest BCUT2D eigenvalue weighted by molar-refractivity contribution is 0.668. The van der Waals surface area contributed by atoms with Crippen molar-refractivity contribution < 1.29 is 8.83 Å². The maximum Gasteiger partial charge on any atom is 0.161 e. The predicted molar refractivity (Wildman–Crippen MR) is 262 cm³/mol. The molecule has 2 aliphatic carbocycles. The maximum absolute atomic E-state index is 6.47. The lowest BCUT2D eigenvalue weighted by atomic mass is 9.70. The lowest BCUT2D eigenvalue weighted by Gasteiger charge is -2.30. The summed E-state index contributed by atoms with van der Waals surface area (Å²) in [5.41, 5.74) is 18.8. The number of thiophene rings is 1. The molecule has 1 spiro atoms. The van der Waals surface area contributed by atoms with Crippen molar-refractivity contribution in [2.24, 2.45) is 0 Å². The number of furan rings is 2. The minimum atomic E-state index is -0.413. The first-order chi connectivity index (χ1) is 31.7. The summed E-state index contributed by atoms with van der Waals surface area (Å²) >= 11 is 1.72. The number of hydrogen-bond acceptors (Lipinski definition) is 5. The predicted octanol–water partition coefficient (Wildman–Crippen LogP) is 16.0. The van der Waals surface area contributed by atoms with E-state index in [1.165, 1.54) is 50.1 Å². The SMILES string of the molecule is c1ccc2c(c1)-c1ccccc1C21c2ccccc2-c2c(-c3ccc4sc5nc(-c6ccc7oc8ccccc8c7c6)nc(-c6cccc7oc8ccccc8c67)c5c4c3)cccc21. The van der Waals surface area contributed by atoms with E-state index < -0.39 is 5.41 Å². The van der Waals surface area contributed by atoms with Gasteiger partial charge < -0.3 is 8.83 Å². The Hall–Kier alpha value is -8.12. The Morgan fingerprint density at radius 1 is 0.375 bits per heavy atom. The van der Waals surface area contributed by atoms with E-state index in [4.69, 9.17) is 18.8 Å². The molecule has 9 aromatic carbocycles. The molecule has 4 nitrogen and oxygen atoms in total. The van der Waals surface area contributed by atoms with Gasteiger partial charge in [-0.2, -0.15) is 0 Å². The minimum Gasteiger partial charge on any atom is -0.456 e. The quantitative estimate of drug-likeness (QED) is 0.178. The van der Waals surface area contributed by atoms with Gasteiger partial charge in [0.1, 0.15) is 27.2 Å². The number of benzene rings is 9. The van der Waals surface area contributed by atoms with Crippen molar-refractivity contribution in [3.8, 4) is 56.0 Å². The largest absolute Gasteiger partial charge is 0.456 e. The zero-order chi connectivity index (χ0) is 41.7. The summed E-state index contributed by atoms with van der Waals surface area (Å²) < 4.78 is 13.9. The topological polar surface area (TPSA) is 52.1 Å². The van der Waals surface area contributed by atoms with Crippen LogP contribution in [0.2, 0.25) is 0 Å². The molecule has 0 aliphatic heterocycles. The van der Waals surface area contributed by atoms with Crippen LogP contribution in [-0.2, 0) is 5.41 Å². The molecule has 2 aliphatic rings. The van der Waals surface area contributed by atoms with Crippen LogP contribution in [0.25, 0.3) is 120 Å². The van der Waals surface area contributed by atoms with Gasteiger partial charge in [-0.05, 0) is 104 Å². The van der Waals surface area contributed by atoms with E-state index in [2.05, 4.69) is 164 Å². The van der Waals surface area contributed by atoms with Crippen LogP contribution >= 0.6 is 11.3 Å². The van der Waals surface area contributed by atoms with E-state index in [9.17, 15) is 0 Å². The number of fused-ring (bicyclic) bond motifs is 19. The highest BCUT2D eigenvalue weighted by molar-refractivity contribution is 7.25. The molecule has 64 heavy (non-hydrogen) atoms. The summed E-state index contributed by atoms with van der Waals surface area (Å²) in [5.74, 6) is 0.672. The third-order valence-electron chi connectivity index (χ3n) is 14.0. The van der Waals surface area contributed by atoms with Gasteiger partial charge in [-0.25, -0.2) is 9.97 Å². The summed E-state index contributed by atoms with van der Waals surface area (Å²) in [6.45, 7) is 0. The first-order valence-electron chi connectivity index (χ1n) is 21.7. The zero-order valence-electron chi connectivity index (χ0n) is 34.1. The van der Waals surface area contributed by atoms with Crippen LogP contribution in [0, 0.1) is 0 Å². The van der Waals surface area contributed by atoms with Crippen molar-refractivity contribution in [1.82, 2.24) is 9.97 Å². The van der Waals surface area contributed by atoms with Gasteiger partial charge in [0.05, 0.1) is 11.1 Å². The van der Waals surface area contributed by atoms with Gasteiger partial charge >= 0.3 is 0 Å². The van der Waals surface area contributed by atoms with Gasteiger partial charge in [0.2, 0.25) is 0 Å². The summed E-state index contributed by atoms with van der Waals surface area (Å²) in [6, 6.07) is 70.1. The molecular weight excluding hydrogens is 801 g/mol. The molecule has 4 heterocycles. The first-order valence-corrected chi connectivity index (χ1v) is 22.5. The van der Waals surface area contributed by atoms with Crippen molar-refractivity contribution in [3.63, 3.8) is 0 Å². The van der Waals surface area contributed by atoms with E-state index in [-0.39, 0.29) is 0 Å². The lowest BCUT2D eigenvalue weighted by Crippen LogP contribution is -2.25. The highest BCUT2D eigenvalue weighted by Gasteiger charge is 2.52. The van der Waals surface area contributed by atoms with E-state index in [1.807, 2.05) is 30.3 Å². The third-order valence-corrected chi connectivity index (χ3v) is 15.0. The molecular formula is C59H32N2O2S. The molecule has 0 N–H and O–H groups in total. The molecule has 0 radical (unpaired) electrons. The smallest absolute Gasteiger partial charge is 0.161 e. The summed E-state index contributed by atoms with van der Waals surface area (Å²) in [5, 5.41) is 6.42. The van der Waals surface area contributed by atoms with Gasteiger partial charge in [-0.1, -0.05) is 146 Å². The van der Waals surface area contributed by atoms with Gasteiger partial charge in [0.25, 0.3) is 0 Å². The molecule has 0 amide bonds. The number of para-hydroxylation sites is 2. The van der Waals surface area contributed by atoms with Crippen LogP contribution in [-0.4, -0.2) is 9.97 Å². The maximum atomic E-state index is 6.47. The molecule has 15 rings (SSSR count). The second kappa shape index (κ2) is 12.5. The molecule has 4 aromatic heterocycles. The Morgan fingerprint density at radius 3 is 1.75 bits per heavy atom. The number of nitrogens with zero attached hydrogens (tertiary/aromatic N) is 2. The van der Waals surface area contributed by atoms with Crippen molar-refractivity contribution in [1.29, 1.82) is 0 Å². The Kier molecular flexibility index (Phi) is 6.73. The zero-order valence-corrected chi connectivity index (χ0v) is 34.9. The fourth-order valence-corrected chi connectivity index (χ4v) is 12.4. The van der Waals surface area contributed by atoms with Gasteiger partial charge in [0, 0.05) is 48.1 Å². The minimum absolute atomic E-state index is 0.413. The van der Waals surface area contributed by atoms with Crippen molar-refractivity contribution in [3.05, 3.63) is 216 Å². The van der Waals surface area contributed by atoms with Gasteiger partial charge in [-0.15, -0.1) is 11.3 Å².